The Balaban J connectivity index is 1.65. The van der Waals surface area contributed by atoms with Crippen molar-refractivity contribution in [1.82, 2.24) is 24.7 Å². The maximum atomic E-state index is 6.05. The lowest BCUT2D eigenvalue weighted by Gasteiger charge is -2.09. The number of nitrogen functional groups attached to an aromatic ring is 1. The predicted octanol–water partition coefficient (Wildman–Crippen LogP) is 3.14. The van der Waals surface area contributed by atoms with Crippen molar-refractivity contribution in [3.8, 4) is 11.8 Å². The number of nitrogens with two attached hydrogens (primary N) is 1. The van der Waals surface area contributed by atoms with Gasteiger partial charge in [0.15, 0.2) is 5.82 Å². The van der Waals surface area contributed by atoms with E-state index in [4.69, 9.17) is 10.5 Å². The van der Waals surface area contributed by atoms with Crippen LogP contribution in [0.2, 0.25) is 0 Å². The van der Waals surface area contributed by atoms with Gasteiger partial charge in [0, 0.05) is 17.4 Å². The number of nitrogens with one attached hydrogen (secondary N) is 2. The van der Waals surface area contributed by atoms with Crippen LogP contribution in [-0.4, -0.2) is 31.8 Å². The molecule has 0 bridgehead atoms. The van der Waals surface area contributed by atoms with Gasteiger partial charge in [-0.3, -0.25) is 0 Å². The molecule has 2 aromatic carbocycles. The number of hydrogen-bond acceptors (Lipinski definition) is 8. The number of hydrogen-bond donors (Lipinski definition) is 3. The maximum absolute atomic E-state index is 6.05. The van der Waals surface area contributed by atoms with Gasteiger partial charge in [-0.2, -0.15) is 19.6 Å². The zero-order valence-electron chi connectivity index (χ0n) is 15.1. The van der Waals surface area contributed by atoms with Crippen molar-refractivity contribution < 1.29 is 4.74 Å². The van der Waals surface area contributed by atoms with Crippen molar-refractivity contribution in [3.05, 3.63) is 66.7 Å². The minimum Gasteiger partial charge on any atom is -0.467 e. The molecule has 0 saturated heterocycles. The first kappa shape index (κ1) is 17.3. The molecule has 9 heteroatoms. The molecule has 9 nitrogen and oxygen atoms in total. The number of ether oxygens (including phenoxy) is 1. The van der Waals surface area contributed by atoms with E-state index in [0.717, 1.165) is 11.4 Å². The Morgan fingerprint density at radius 2 is 1.50 bits per heavy atom. The molecule has 0 fully saturated rings. The predicted molar refractivity (Wildman–Crippen MR) is 107 cm³/mol. The van der Waals surface area contributed by atoms with Crippen LogP contribution in [-0.2, 0) is 0 Å². The van der Waals surface area contributed by atoms with Gasteiger partial charge in [-0.05, 0) is 24.3 Å². The lowest BCUT2D eigenvalue weighted by atomic mass is 10.3. The van der Waals surface area contributed by atoms with Crippen LogP contribution in [0, 0.1) is 0 Å². The Kier molecular flexibility index (Phi) is 4.70. The van der Waals surface area contributed by atoms with E-state index in [1.165, 1.54) is 11.8 Å². The smallest absolute Gasteiger partial charge is 0.320 e. The van der Waals surface area contributed by atoms with Gasteiger partial charge in [0.05, 0.1) is 7.11 Å². The summed E-state index contributed by atoms with van der Waals surface area (Å²) in [5.74, 6) is 1.51. The molecule has 28 heavy (non-hydrogen) atoms. The van der Waals surface area contributed by atoms with Gasteiger partial charge in [0.2, 0.25) is 11.9 Å². The fraction of sp³-hybridized carbons (Fsp3) is 0.0526. The Hall–Kier alpha value is -4.14. The second-order valence-corrected chi connectivity index (χ2v) is 5.79. The number of rotatable bonds is 6. The lowest BCUT2D eigenvalue weighted by Crippen LogP contribution is -2.08. The third-order valence-electron chi connectivity index (χ3n) is 3.80. The highest BCUT2D eigenvalue weighted by atomic mass is 16.5. The average Bonchev–Trinajstić information content (AvgIpc) is 3.09. The standard InChI is InChI=1S/C19H18N8O/c1-28-19-23-15(21-13-8-4-2-5-9-13)12-16(24-19)27-17(20)25-18(26-27)22-14-10-6-3-7-11-14/h2-12H,1H3,(H,21,23,24)(H3,20,22,25,26). The van der Waals surface area contributed by atoms with E-state index in [-0.39, 0.29) is 12.0 Å². The Labute approximate surface area is 161 Å². The van der Waals surface area contributed by atoms with E-state index in [9.17, 15) is 0 Å². The van der Waals surface area contributed by atoms with E-state index >= 15 is 0 Å². The summed E-state index contributed by atoms with van der Waals surface area (Å²) in [7, 11) is 1.50. The molecule has 0 saturated carbocycles. The van der Waals surface area contributed by atoms with Gasteiger partial charge in [0.25, 0.3) is 0 Å². The minimum absolute atomic E-state index is 0.184. The second-order valence-electron chi connectivity index (χ2n) is 5.79. The Morgan fingerprint density at radius 3 is 2.14 bits per heavy atom. The van der Waals surface area contributed by atoms with Gasteiger partial charge in [-0.15, -0.1) is 5.10 Å². The van der Waals surface area contributed by atoms with Crippen molar-refractivity contribution >= 4 is 29.1 Å². The monoisotopic (exact) mass is 374 g/mol. The van der Waals surface area contributed by atoms with Crippen molar-refractivity contribution in [2.24, 2.45) is 0 Å². The maximum Gasteiger partial charge on any atom is 0.320 e. The van der Waals surface area contributed by atoms with Gasteiger partial charge in [-0.1, -0.05) is 36.4 Å². The van der Waals surface area contributed by atoms with Gasteiger partial charge < -0.3 is 21.1 Å². The van der Waals surface area contributed by atoms with Crippen molar-refractivity contribution in [3.63, 3.8) is 0 Å². The third-order valence-corrected chi connectivity index (χ3v) is 3.80. The summed E-state index contributed by atoms with van der Waals surface area (Å²) in [5.41, 5.74) is 7.78. The Morgan fingerprint density at radius 1 is 0.857 bits per heavy atom. The van der Waals surface area contributed by atoms with E-state index < -0.39 is 0 Å². The molecule has 140 valence electrons. The van der Waals surface area contributed by atoms with Gasteiger partial charge in [-0.25, -0.2) is 0 Å². The van der Waals surface area contributed by atoms with Gasteiger partial charge >= 0.3 is 6.01 Å². The van der Waals surface area contributed by atoms with Gasteiger partial charge in [0.1, 0.15) is 5.82 Å². The number of para-hydroxylation sites is 2. The number of benzene rings is 2. The van der Waals surface area contributed by atoms with Crippen LogP contribution in [0.25, 0.3) is 5.82 Å². The molecule has 0 amide bonds. The van der Waals surface area contributed by atoms with Crippen LogP contribution < -0.4 is 21.1 Å². The summed E-state index contributed by atoms with van der Waals surface area (Å²) in [6, 6.07) is 21.1. The van der Waals surface area contributed by atoms with Crippen LogP contribution in [0.5, 0.6) is 6.01 Å². The molecule has 2 heterocycles. The summed E-state index contributed by atoms with van der Waals surface area (Å²) >= 11 is 0. The van der Waals surface area contributed by atoms with E-state index in [1.54, 1.807) is 6.07 Å². The summed E-state index contributed by atoms with van der Waals surface area (Å²) < 4.78 is 6.64. The zero-order valence-corrected chi connectivity index (χ0v) is 15.1. The molecule has 0 atom stereocenters. The van der Waals surface area contributed by atoms with Crippen molar-refractivity contribution in [2.75, 3.05) is 23.5 Å². The zero-order chi connectivity index (χ0) is 19.3. The first-order chi connectivity index (χ1) is 13.7. The highest BCUT2D eigenvalue weighted by molar-refractivity contribution is 5.59. The molecule has 0 unspecified atom stereocenters. The largest absolute Gasteiger partial charge is 0.467 e. The quantitative estimate of drug-likeness (QED) is 0.471. The summed E-state index contributed by atoms with van der Waals surface area (Å²) in [4.78, 5) is 12.9. The molecule has 4 aromatic rings. The number of nitrogens with zero attached hydrogens (tertiary/aromatic N) is 5. The molecule has 4 rings (SSSR count). The fourth-order valence-corrected chi connectivity index (χ4v) is 2.54. The minimum atomic E-state index is 0.184. The SMILES string of the molecule is COc1nc(Nc2ccccc2)cc(-n2nc(Nc3ccccc3)nc2N)n1. The van der Waals surface area contributed by atoms with Crippen LogP contribution in [0.1, 0.15) is 0 Å². The first-order valence-corrected chi connectivity index (χ1v) is 8.51. The molecule has 0 spiro atoms. The van der Waals surface area contributed by atoms with Crippen LogP contribution >= 0.6 is 0 Å². The molecule has 2 aromatic heterocycles. The van der Waals surface area contributed by atoms with E-state index in [2.05, 4.69) is 30.7 Å². The van der Waals surface area contributed by atoms with Crippen molar-refractivity contribution in [2.45, 2.75) is 0 Å². The summed E-state index contributed by atoms with van der Waals surface area (Å²) in [5, 5.41) is 10.7. The highest BCUT2D eigenvalue weighted by Crippen LogP contribution is 2.22. The third kappa shape index (κ3) is 3.83. The molecular formula is C19H18N8O. The highest BCUT2D eigenvalue weighted by Gasteiger charge is 2.14. The van der Waals surface area contributed by atoms with Crippen LogP contribution in [0.3, 0.4) is 0 Å². The van der Waals surface area contributed by atoms with Crippen LogP contribution in [0.4, 0.5) is 29.1 Å². The van der Waals surface area contributed by atoms with Crippen LogP contribution in [0.15, 0.2) is 66.7 Å². The Bertz CT molecular complexity index is 1070. The molecular weight excluding hydrogens is 356 g/mol. The first-order valence-electron chi connectivity index (χ1n) is 8.51. The topological polar surface area (TPSA) is 116 Å². The van der Waals surface area contributed by atoms with E-state index in [1.807, 2.05) is 60.7 Å². The molecule has 0 aliphatic carbocycles. The second kappa shape index (κ2) is 7.62. The van der Waals surface area contributed by atoms with E-state index in [0.29, 0.717) is 17.6 Å². The fourth-order valence-electron chi connectivity index (χ4n) is 2.54. The molecule has 0 aliphatic rings. The number of aromatic nitrogens is 5. The lowest BCUT2D eigenvalue weighted by molar-refractivity contribution is 0.379. The average molecular weight is 374 g/mol. The number of anilines is 5. The summed E-state index contributed by atoms with van der Waals surface area (Å²) in [6.45, 7) is 0. The normalized spacial score (nSPS) is 10.5. The molecule has 0 aliphatic heterocycles. The molecule has 0 radical (unpaired) electrons. The number of methoxy groups -OCH3 is 1. The van der Waals surface area contributed by atoms with Crippen molar-refractivity contribution in [1.29, 1.82) is 0 Å². The molecule has 4 N–H and O–H groups in total. The summed E-state index contributed by atoms with van der Waals surface area (Å²) in [6.07, 6.45) is 0.